The average molecular weight is 336 g/mol. The minimum Gasteiger partial charge on any atom is -0.497 e. The Bertz CT molecular complexity index is 623. The quantitative estimate of drug-likeness (QED) is 0.608. The van der Waals surface area contributed by atoms with Crippen molar-refractivity contribution in [1.82, 2.24) is 0 Å². The summed E-state index contributed by atoms with van der Waals surface area (Å²) in [6.07, 6.45) is -0.0822. The van der Waals surface area contributed by atoms with Gasteiger partial charge in [0, 0.05) is 15.4 Å². The number of hydrogen-bond acceptors (Lipinski definition) is 6. The Hall–Kier alpha value is -1.63. The molecule has 1 unspecified atom stereocenters. The van der Waals surface area contributed by atoms with Crippen LogP contribution in [0.2, 0.25) is 0 Å². The minimum atomic E-state index is -0.463. The Balaban J connectivity index is 2.26. The molecule has 1 aliphatic rings. The molecular weight excluding hydrogens is 316 g/mol. The van der Waals surface area contributed by atoms with Gasteiger partial charge in [0.25, 0.3) is 0 Å². The number of allylic oxidation sites excluding steroid dienone is 1. The first kappa shape index (κ1) is 17.7. The average Bonchev–Trinajstić information content (AvgIpc) is 2.55. The molecule has 0 bridgehead atoms. The van der Waals surface area contributed by atoms with Crippen LogP contribution in [0.15, 0.2) is 39.6 Å². The van der Waals surface area contributed by atoms with Crippen LogP contribution in [0.4, 0.5) is 0 Å². The second-order valence-electron chi connectivity index (χ2n) is 5.19. The molecule has 23 heavy (non-hydrogen) atoms. The van der Waals surface area contributed by atoms with Gasteiger partial charge in [0.1, 0.15) is 5.75 Å². The first-order chi connectivity index (χ1) is 11.1. The van der Waals surface area contributed by atoms with E-state index in [0.717, 1.165) is 15.6 Å². The second-order valence-corrected chi connectivity index (χ2v) is 6.30. The molecule has 5 nitrogen and oxygen atoms in total. The van der Waals surface area contributed by atoms with Crippen LogP contribution in [0.3, 0.4) is 0 Å². The van der Waals surface area contributed by atoms with Crippen LogP contribution in [0.1, 0.15) is 13.3 Å². The maximum absolute atomic E-state index is 12.2. The normalized spacial score (nSPS) is 18.5. The van der Waals surface area contributed by atoms with Crippen molar-refractivity contribution in [2.45, 2.75) is 18.2 Å². The largest absolute Gasteiger partial charge is 0.497 e. The molecule has 0 saturated carbocycles. The molecule has 1 aromatic rings. The molecule has 0 fully saturated rings. The van der Waals surface area contributed by atoms with E-state index in [2.05, 4.69) is 0 Å². The smallest absolute Gasteiger partial charge is 0.166 e. The highest BCUT2D eigenvalue weighted by atomic mass is 32.2. The first-order valence-electron chi connectivity index (χ1n) is 7.34. The molecule has 0 radical (unpaired) electrons. The SMILES string of the molecule is COc1cccc(SC2=C(C)C(=O)CC(=O)C2COCCO)c1. The molecule has 0 amide bonds. The Kier molecular flexibility index (Phi) is 6.38. The fourth-order valence-electron chi connectivity index (χ4n) is 2.33. The molecular formula is C17H20O5S. The topological polar surface area (TPSA) is 72.8 Å². The van der Waals surface area contributed by atoms with Gasteiger partial charge in [-0.1, -0.05) is 17.8 Å². The van der Waals surface area contributed by atoms with E-state index in [4.69, 9.17) is 14.6 Å². The number of aliphatic hydroxyl groups excluding tert-OH is 1. The summed E-state index contributed by atoms with van der Waals surface area (Å²) in [6.45, 7) is 2.00. The predicted molar refractivity (Wildman–Crippen MR) is 87.6 cm³/mol. The molecule has 124 valence electrons. The van der Waals surface area contributed by atoms with Gasteiger partial charge in [-0.3, -0.25) is 9.59 Å². The van der Waals surface area contributed by atoms with Gasteiger partial charge in [-0.25, -0.2) is 0 Å². The van der Waals surface area contributed by atoms with Gasteiger partial charge < -0.3 is 14.6 Å². The summed E-state index contributed by atoms with van der Waals surface area (Å²) in [6, 6.07) is 7.47. The van der Waals surface area contributed by atoms with Crippen molar-refractivity contribution in [2.24, 2.45) is 5.92 Å². The zero-order valence-electron chi connectivity index (χ0n) is 13.2. The molecule has 6 heteroatoms. The highest BCUT2D eigenvalue weighted by Crippen LogP contribution is 2.39. The van der Waals surface area contributed by atoms with E-state index in [0.29, 0.717) is 5.57 Å². The zero-order valence-corrected chi connectivity index (χ0v) is 14.0. The van der Waals surface area contributed by atoms with Gasteiger partial charge in [-0.05, 0) is 25.1 Å². The van der Waals surface area contributed by atoms with Gasteiger partial charge >= 0.3 is 0 Å². The van der Waals surface area contributed by atoms with E-state index in [1.54, 1.807) is 14.0 Å². The summed E-state index contributed by atoms with van der Waals surface area (Å²) in [4.78, 5) is 25.9. The van der Waals surface area contributed by atoms with Gasteiger partial charge in [0.05, 0.1) is 39.3 Å². The molecule has 0 saturated heterocycles. The standard InChI is InChI=1S/C17H20O5S/c1-11-15(19)9-16(20)14(10-22-7-6-18)17(11)23-13-5-3-4-12(8-13)21-2/h3-5,8,14,18H,6-7,9-10H2,1-2H3. The monoisotopic (exact) mass is 336 g/mol. The maximum Gasteiger partial charge on any atom is 0.166 e. The van der Waals surface area contributed by atoms with Crippen molar-refractivity contribution in [3.8, 4) is 5.75 Å². The summed E-state index contributed by atoms with van der Waals surface area (Å²) in [7, 11) is 1.59. The molecule has 0 aliphatic heterocycles. The van der Waals surface area contributed by atoms with E-state index >= 15 is 0 Å². The van der Waals surface area contributed by atoms with Crippen LogP contribution < -0.4 is 4.74 Å². The van der Waals surface area contributed by atoms with E-state index in [1.807, 2.05) is 24.3 Å². The lowest BCUT2D eigenvalue weighted by molar-refractivity contribution is -0.129. The van der Waals surface area contributed by atoms with Crippen molar-refractivity contribution in [3.05, 3.63) is 34.7 Å². The maximum atomic E-state index is 12.2. The molecule has 0 heterocycles. The van der Waals surface area contributed by atoms with Crippen molar-refractivity contribution in [2.75, 3.05) is 26.9 Å². The number of carbonyl (C=O) groups excluding carboxylic acids is 2. The van der Waals surface area contributed by atoms with Crippen LogP contribution in [-0.2, 0) is 14.3 Å². The fraction of sp³-hybridized carbons (Fsp3) is 0.412. The summed E-state index contributed by atoms with van der Waals surface area (Å²) >= 11 is 1.39. The number of rotatable bonds is 7. The first-order valence-corrected chi connectivity index (χ1v) is 8.15. The molecule has 1 aliphatic carbocycles. The zero-order chi connectivity index (χ0) is 16.8. The highest BCUT2D eigenvalue weighted by molar-refractivity contribution is 8.03. The van der Waals surface area contributed by atoms with E-state index in [1.165, 1.54) is 11.8 Å². The van der Waals surface area contributed by atoms with Crippen molar-refractivity contribution in [1.29, 1.82) is 0 Å². The third kappa shape index (κ3) is 4.43. The minimum absolute atomic E-state index is 0.0822. The second kappa shape index (κ2) is 8.29. The third-order valence-corrected chi connectivity index (χ3v) is 4.92. The number of hydrogen-bond donors (Lipinski definition) is 1. The fourth-order valence-corrected chi connectivity index (χ4v) is 3.52. The summed E-state index contributed by atoms with van der Waals surface area (Å²) < 4.78 is 10.5. The van der Waals surface area contributed by atoms with Crippen molar-refractivity contribution >= 4 is 23.3 Å². The van der Waals surface area contributed by atoms with Gasteiger partial charge in [0.2, 0.25) is 0 Å². The number of Topliss-reactive ketones (excluding diaryl/α,β-unsaturated/α-hetero) is 2. The van der Waals surface area contributed by atoms with Crippen LogP contribution in [0.5, 0.6) is 5.75 Å². The van der Waals surface area contributed by atoms with Crippen LogP contribution >= 0.6 is 11.8 Å². The van der Waals surface area contributed by atoms with Crippen LogP contribution in [0.25, 0.3) is 0 Å². The highest BCUT2D eigenvalue weighted by Gasteiger charge is 2.33. The predicted octanol–water partition coefficient (Wildman–Crippen LogP) is 2.23. The third-order valence-electron chi connectivity index (χ3n) is 3.62. The lowest BCUT2D eigenvalue weighted by atomic mass is 9.89. The van der Waals surface area contributed by atoms with Gasteiger partial charge in [-0.2, -0.15) is 0 Å². The molecule has 0 spiro atoms. The Morgan fingerprint density at radius 3 is 2.83 bits per heavy atom. The number of methoxy groups -OCH3 is 1. The van der Waals surface area contributed by atoms with Crippen LogP contribution in [0, 0.1) is 5.92 Å². The Morgan fingerprint density at radius 1 is 1.35 bits per heavy atom. The number of carbonyl (C=O) groups is 2. The Labute approximate surface area is 139 Å². The molecule has 1 atom stereocenters. The Morgan fingerprint density at radius 2 is 2.13 bits per heavy atom. The van der Waals surface area contributed by atoms with E-state index < -0.39 is 5.92 Å². The molecule has 1 N–H and O–H groups in total. The summed E-state index contributed by atoms with van der Waals surface area (Å²) in [5.74, 6) is -0.0204. The molecule has 1 aromatic carbocycles. The van der Waals surface area contributed by atoms with Crippen molar-refractivity contribution in [3.63, 3.8) is 0 Å². The van der Waals surface area contributed by atoms with Crippen LogP contribution in [-0.4, -0.2) is 43.6 Å². The number of benzene rings is 1. The number of ketones is 2. The number of aliphatic hydroxyl groups is 1. The summed E-state index contributed by atoms with van der Waals surface area (Å²) in [5.41, 5.74) is 0.606. The number of thioether (sulfide) groups is 1. The van der Waals surface area contributed by atoms with Gasteiger partial charge in [0.15, 0.2) is 11.6 Å². The molecule has 0 aromatic heterocycles. The van der Waals surface area contributed by atoms with E-state index in [9.17, 15) is 9.59 Å². The molecule has 2 rings (SSSR count). The number of ether oxygens (including phenoxy) is 2. The van der Waals surface area contributed by atoms with Gasteiger partial charge in [-0.15, -0.1) is 0 Å². The van der Waals surface area contributed by atoms with Crippen molar-refractivity contribution < 1.29 is 24.2 Å². The lowest BCUT2D eigenvalue weighted by Crippen LogP contribution is -2.30. The van der Waals surface area contributed by atoms with E-state index in [-0.39, 0.29) is 37.8 Å². The lowest BCUT2D eigenvalue weighted by Gasteiger charge is -2.25. The summed E-state index contributed by atoms with van der Waals surface area (Å²) in [5, 5.41) is 8.82.